The average molecular weight is 441 g/mol. The number of hydrogen-bond acceptors (Lipinski definition) is 6. The quantitative estimate of drug-likeness (QED) is 0.402. The van der Waals surface area contributed by atoms with Gasteiger partial charge in [-0.1, -0.05) is 18.2 Å². The van der Waals surface area contributed by atoms with Crippen LogP contribution in [0, 0.1) is 0 Å². The van der Waals surface area contributed by atoms with E-state index in [4.69, 9.17) is 9.84 Å². The minimum absolute atomic E-state index is 0.526. The molecule has 0 unspecified atom stereocenters. The number of morpholine rings is 1. The van der Waals surface area contributed by atoms with Gasteiger partial charge >= 0.3 is 6.09 Å². The van der Waals surface area contributed by atoms with Crippen molar-refractivity contribution in [2.45, 2.75) is 0 Å². The lowest BCUT2D eigenvalue weighted by molar-refractivity contribution is 0.122. The summed E-state index contributed by atoms with van der Waals surface area (Å²) in [6.07, 6.45) is 0.470. The van der Waals surface area contributed by atoms with Crippen LogP contribution in [0.2, 0.25) is 0 Å². The van der Waals surface area contributed by atoms with Crippen LogP contribution in [-0.4, -0.2) is 47.5 Å². The molecule has 0 atom stereocenters. The Morgan fingerprint density at radius 1 is 0.879 bits per heavy atom. The number of benzene rings is 3. The largest absolute Gasteiger partial charge is 0.465 e. The fourth-order valence-electron chi connectivity index (χ4n) is 3.92. The van der Waals surface area contributed by atoms with Crippen molar-refractivity contribution < 1.29 is 14.6 Å². The van der Waals surface area contributed by atoms with Crippen molar-refractivity contribution >= 4 is 39.9 Å². The first-order chi connectivity index (χ1) is 16.2. The van der Waals surface area contributed by atoms with Crippen molar-refractivity contribution in [2.24, 2.45) is 0 Å². The highest BCUT2D eigenvalue weighted by Crippen LogP contribution is 2.30. The molecule has 1 fully saturated rings. The summed E-state index contributed by atoms with van der Waals surface area (Å²) in [7, 11) is 0. The van der Waals surface area contributed by atoms with E-state index in [0.717, 1.165) is 59.8 Å². The molecule has 3 aromatic carbocycles. The lowest BCUT2D eigenvalue weighted by Crippen LogP contribution is -2.36. The van der Waals surface area contributed by atoms with Crippen molar-refractivity contribution in [2.75, 3.05) is 41.8 Å². The number of anilines is 4. The predicted octanol–water partition coefficient (Wildman–Crippen LogP) is 4.97. The highest BCUT2D eigenvalue weighted by molar-refractivity contribution is 5.94. The second-order valence-corrected chi connectivity index (χ2v) is 7.73. The number of rotatable bonds is 5. The van der Waals surface area contributed by atoms with Gasteiger partial charge < -0.3 is 20.1 Å². The van der Waals surface area contributed by atoms with Crippen molar-refractivity contribution in [3.63, 3.8) is 0 Å². The first kappa shape index (κ1) is 20.7. The van der Waals surface area contributed by atoms with Gasteiger partial charge in [-0.25, -0.2) is 14.8 Å². The van der Waals surface area contributed by atoms with Crippen molar-refractivity contribution in [3.8, 4) is 11.1 Å². The molecule has 0 saturated carbocycles. The van der Waals surface area contributed by atoms with Gasteiger partial charge in [0, 0.05) is 35.5 Å². The number of fused-ring (bicyclic) bond motifs is 1. The number of carboxylic acid groups (broad SMARTS) is 1. The monoisotopic (exact) mass is 441 g/mol. The van der Waals surface area contributed by atoms with Gasteiger partial charge in [-0.3, -0.25) is 5.32 Å². The SMILES string of the molecule is O=C(O)Nc1ccc(-c2ccc3ncnc(Nc4ccc(N5CCOCC5)cc4)c3c2)cc1. The third-order valence-corrected chi connectivity index (χ3v) is 5.61. The zero-order valence-electron chi connectivity index (χ0n) is 17.9. The van der Waals surface area contributed by atoms with Crippen LogP contribution in [0.25, 0.3) is 22.0 Å². The predicted molar refractivity (Wildman–Crippen MR) is 129 cm³/mol. The molecular formula is C25H23N5O3. The van der Waals surface area contributed by atoms with Gasteiger partial charge in [0.05, 0.1) is 18.7 Å². The van der Waals surface area contributed by atoms with Crippen molar-refractivity contribution in [1.29, 1.82) is 0 Å². The number of ether oxygens (including phenoxy) is 1. The third kappa shape index (κ3) is 4.70. The Morgan fingerprint density at radius 2 is 1.58 bits per heavy atom. The van der Waals surface area contributed by atoms with Crippen LogP contribution in [0.3, 0.4) is 0 Å². The smallest absolute Gasteiger partial charge is 0.409 e. The molecule has 1 amide bonds. The van der Waals surface area contributed by atoms with Crippen LogP contribution in [0.1, 0.15) is 0 Å². The Bertz CT molecular complexity index is 1270. The van der Waals surface area contributed by atoms with Gasteiger partial charge in [-0.2, -0.15) is 0 Å². The summed E-state index contributed by atoms with van der Waals surface area (Å²) >= 11 is 0. The lowest BCUT2D eigenvalue weighted by atomic mass is 10.0. The summed E-state index contributed by atoms with van der Waals surface area (Å²) in [5.41, 5.74) is 5.45. The summed E-state index contributed by atoms with van der Waals surface area (Å²) in [5, 5.41) is 15.5. The maximum atomic E-state index is 10.8. The Morgan fingerprint density at radius 3 is 2.30 bits per heavy atom. The third-order valence-electron chi connectivity index (χ3n) is 5.61. The molecule has 2 heterocycles. The maximum absolute atomic E-state index is 10.8. The molecule has 8 nitrogen and oxygen atoms in total. The van der Waals surface area contributed by atoms with E-state index in [9.17, 15) is 4.79 Å². The molecule has 1 aliphatic heterocycles. The van der Waals surface area contributed by atoms with Crippen LogP contribution < -0.4 is 15.5 Å². The van der Waals surface area contributed by atoms with Crippen LogP contribution in [0.5, 0.6) is 0 Å². The Labute approximate surface area is 190 Å². The van der Waals surface area contributed by atoms with Crippen LogP contribution in [0.4, 0.5) is 27.7 Å². The summed E-state index contributed by atoms with van der Waals surface area (Å²) < 4.78 is 5.43. The van der Waals surface area contributed by atoms with Gasteiger partial charge in [0.2, 0.25) is 0 Å². The van der Waals surface area contributed by atoms with E-state index >= 15 is 0 Å². The molecule has 1 aromatic heterocycles. The molecule has 8 heteroatoms. The first-order valence-electron chi connectivity index (χ1n) is 10.7. The minimum atomic E-state index is -1.08. The number of carbonyl (C=O) groups is 1. The van der Waals surface area contributed by atoms with Gasteiger partial charge in [0.1, 0.15) is 12.1 Å². The molecule has 4 aromatic rings. The summed E-state index contributed by atoms with van der Waals surface area (Å²) in [4.78, 5) is 22.0. The minimum Gasteiger partial charge on any atom is -0.465 e. The molecule has 0 radical (unpaired) electrons. The number of nitrogens with one attached hydrogen (secondary N) is 2. The molecular weight excluding hydrogens is 418 g/mol. The molecule has 1 saturated heterocycles. The van der Waals surface area contributed by atoms with Crippen LogP contribution >= 0.6 is 0 Å². The maximum Gasteiger partial charge on any atom is 0.409 e. The molecule has 0 bridgehead atoms. The van der Waals surface area contributed by atoms with Crippen LogP contribution in [-0.2, 0) is 4.74 Å². The summed E-state index contributed by atoms with van der Waals surface area (Å²) in [6, 6.07) is 21.6. The topological polar surface area (TPSA) is 99.6 Å². The number of nitrogens with zero attached hydrogens (tertiary/aromatic N) is 3. The van der Waals surface area contributed by atoms with Crippen molar-refractivity contribution in [1.82, 2.24) is 9.97 Å². The van der Waals surface area contributed by atoms with Crippen LogP contribution in [0.15, 0.2) is 73.1 Å². The number of hydrogen-bond donors (Lipinski definition) is 3. The van der Waals surface area contributed by atoms with E-state index < -0.39 is 6.09 Å². The Balaban J connectivity index is 1.40. The van der Waals surface area contributed by atoms with Gasteiger partial charge in [-0.05, 0) is 59.7 Å². The molecule has 1 aliphatic rings. The molecule has 5 rings (SSSR count). The van der Waals surface area contributed by atoms with E-state index in [1.165, 1.54) is 5.69 Å². The highest BCUT2D eigenvalue weighted by Gasteiger charge is 2.12. The fraction of sp³-hybridized carbons (Fsp3) is 0.160. The van der Waals surface area contributed by atoms with Gasteiger partial charge in [0.15, 0.2) is 0 Å². The van der Waals surface area contributed by atoms with Gasteiger partial charge in [0.25, 0.3) is 0 Å². The average Bonchev–Trinajstić information content (AvgIpc) is 2.85. The van der Waals surface area contributed by atoms with Crippen molar-refractivity contribution in [3.05, 3.63) is 73.1 Å². The fourth-order valence-corrected chi connectivity index (χ4v) is 3.92. The van der Waals surface area contributed by atoms with E-state index in [0.29, 0.717) is 5.69 Å². The van der Waals surface area contributed by atoms with Gasteiger partial charge in [-0.15, -0.1) is 0 Å². The lowest BCUT2D eigenvalue weighted by Gasteiger charge is -2.28. The highest BCUT2D eigenvalue weighted by atomic mass is 16.5. The van der Waals surface area contributed by atoms with E-state index in [1.807, 2.05) is 30.3 Å². The number of amides is 1. The number of aromatic nitrogens is 2. The normalized spacial score (nSPS) is 13.6. The van der Waals surface area contributed by atoms with E-state index in [2.05, 4.69) is 49.8 Å². The molecule has 33 heavy (non-hydrogen) atoms. The van der Waals surface area contributed by atoms with E-state index in [1.54, 1.807) is 18.5 Å². The Hall–Kier alpha value is -4.17. The zero-order valence-corrected chi connectivity index (χ0v) is 17.9. The summed E-state index contributed by atoms with van der Waals surface area (Å²) in [5.74, 6) is 0.727. The molecule has 0 spiro atoms. The second-order valence-electron chi connectivity index (χ2n) is 7.73. The Kier molecular flexibility index (Phi) is 5.73. The first-order valence-corrected chi connectivity index (χ1v) is 10.7. The molecule has 166 valence electrons. The second kappa shape index (κ2) is 9.13. The standard InChI is InChI=1S/C25H23N5O3/c31-25(32)29-20-4-1-17(2-5-20)18-3-10-23-22(15-18)24(27-16-26-23)28-19-6-8-21(9-7-19)30-11-13-33-14-12-30/h1-10,15-16,29H,11-14H2,(H,31,32)(H,26,27,28). The zero-order chi connectivity index (χ0) is 22.6. The van der Waals surface area contributed by atoms with E-state index in [-0.39, 0.29) is 0 Å². The summed E-state index contributed by atoms with van der Waals surface area (Å²) in [6.45, 7) is 3.32. The molecule has 3 N–H and O–H groups in total. The molecule has 0 aliphatic carbocycles.